The van der Waals surface area contributed by atoms with Crippen molar-refractivity contribution < 1.29 is 4.79 Å². The lowest BCUT2D eigenvalue weighted by Crippen LogP contribution is -2.02. The molecule has 0 saturated carbocycles. The summed E-state index contributed by atoms with van der Waals surface area (Å²) >= 11 is 0. The summed E-state index contributed by atoms with van der Waals surface area (Å²) in [5.41, 5.74) is 5.88. The number of Topliss-reactive ketones (excluding diaryl/α,β-unsaturated/α-hetero) is 1. The van der Waals surface area contributed by atoms with Crippen LogP contribution in [0, 0.1) is 6.92 Å². The summed E-state index contributed by atoms with van der Waals surface area (Å²) in [7, 11) is 0. The third-order valence-electron chi connectivity index (χ3n) is 3.80. The third kappa shape index (κ3) is 1.59. The number of carbonyl (C=O) groups is 1. The Balaban J connectivity index is 2.30. The van der Waals surface area contributed by atoms with Crippen molar-refractivity contribution in [2.45, 2.75) is 39.5 Å². The van der Waals surface area contributed by atoms with Crippen LogP contribution in [0.5, 0.6) is 0 Å². The van der Waals surface area contributed by atoms with Gasteiger partial charge in [-0.3, -0.25) is 4.79 Å². The van der Waals surface area contributed by atoms with Gasteiger partial charge in [0.05, 0.1) is 0 Å². The van der Waals surface area contributed by atoms with Crippen molar-refractivity contribution in [3.63, 3.8) is 0 Å². The molecule has 0 radical (unpaired) electrons. The van der Waals surface area contributed by atoms with Gasteiger partial charge in [0.25, 0.3) is 0 Å². The molecule has 0 unspecified atom stereocenters. The molecule has 0 atom stereocenters. The van der Waals surface area contributed by atoms with E-state index >= 15 is 0 Å². The summed E-state index contributed by atoms with van der Waals surface area (Å²) in [6, 6.07) is 4.47. The second-order valence-corrected chi connectivity index (χ2v) is 5.05. The Bertz CT molecular complexity index is 607. The minimum absolute atomic E-state index is 0.157. The van der Waals surface area contributed by atoms with Crippen LogP contribution < -0.4 is 0 Å². The topological polar surface area (TPSA) is 32.9 Å². The van der Waals surface area contributed by atoms with Crippen molar-refractivity contribution >= 4 is 16.7 Å². The molecule has 2 nitrogen and oxygen atoms in total. The largest absolute Gasteiger partial charge is 0.358 e. The predicted molar refractivity (Wildman–Crippen MR) is 69.7 cm³/mol. The van der Waals surface area contributed by atoms with E-state index < -0.39 is 0 Å². The molecule has 88 valence electrons. The molecular formula is C15H17NO. The number of rotatable bonds is 1. The fourth-order valence-corrected chi connectivity index (χ4v) is 3.02. The number of hydrogen-bond donors (Lipinski definition) is 1. The summed E-state index contributed by atoms with van der Waals surface area (Å²) in [6.45, 7) is 3.63. The summed E-state index contributed by atoms with van der Waals surface area (Å²) in [6.07, 6.45) is 4.90. The molecule has 1 aromatic carbocycles. The number of carbonyl (C=O) groups excluding carboxylic acids is 1. The van der Waals surface area contributed by atoms with Crippen molar-refractivity contribution in [2.75, 3.05) is 0 Å². The molecule has 1 aliphatic rings. The van der Waals surface area contributed by atoms with Crippen molar-refractivity contribution in [3.8, 4) is 0 Å². The van der Waals surface area contributed by atoms with E-state index in [1.807, 2.05) is 6.92 Å². The molecule has 0 aliphatic heterocycles. The molecule has 0 saturated heterocycles. The van der Waals surface area contributed by atoms with Gasteiger partial charge in [-0.1, -0.05) is 0 Å². The Morgan fingerprint density at radius 3 is 2.47 bits per heavy atom. The highest BCUT2D eigenvalue weighted by Gasteiger charge is 2.16. The summed E-state index contributed by atoms with van der Waals surface area (Å²) in [5.74, 6) is 0.157. The highest BCUT2D eigenvalue weighted by molar-refractivity contribution is 6.08. The molecule has 0 spiro atoms. The van der Waals surface area contributed by atoms with E-state index in [2.05, 4.69) is 17.1 Å². The van der Waals surface area contributed by atoms with Gasteiger partial charge in [0.2, 0.25) is 0 Å². The number of fused-ring (bicyclic) bond motifs is 2. The number of aromatic nitrogens is 1. The van der Waals surface area contributed by atoms with Crippen molar-refractivity contribution in [2.24, 2.45) is 0 Å². The zero-order valence-electron chi connectivity index (χ0n) is 10.4. The Morgan fingerprint density at radius 2 is 1.82 bits per heavy atom. The van der Waals surface area contributed by atoms with Crippen LogP contribution in [0.15, 0.2) is 12.1 Å². The van der Waals surface area contributed by atoms with Crippen LogP contribution in [-0.2, 0) is 12.8 Å². The van der Waals surface area contributed by atoms with Crippen LogP contribution >= 0.6 is 0 Å². The number of aryl methyl sites for hydroxylation is 3. The molecule has 0 bridgehead atoms. The Morgan fingerprint density at radius 1 is 1.18 bits per heavy atom. The summed E-state index contributed by atoms with van der Waals surface area (Å²) < 4.78 is 0. The molecule has 1 N–H and O–H groups in total. The number of benzene rings is 1. The van der Waals surface area contributed by atoms with Gasteiger partial charge in [-0.05, 0) is 62.8 Å². The maximum absolute atomic E-state index is 11.7. The minimum Gasteiger partial charge on any atom is -0.358 e. The van der Waals surface area contributed by atoms with Gasteiger partial charge in [-0.2, -0.15) is 0 Å². The normalized spacial score (nSPS) is 14.9. The first-order valence-corrected chi connectivity index (χ1v) is 6.32. The fourth-order valence-electron chi connectivity index (χ4n) is 3.02. The molecule has 2 aromatic rings. The third-order valence-corrected chi connectivity index (χ3v) is 3.80. The zero-order valence-corrected chi connectivity index (χ0v) is 10.4. The number of aromatic amines is 1. The highest BCUT2D eigenvalue weighted by Crippen LogP contribution is 2.30. The van der Waals surface area contributed by atoms with E-state index in [1.165, 1.54) is 30.4 Å². The molecule has 1 heterocycles. The number of hydrogen-bond acceptors (Lipinski definition) is 1. The quantitative estimate of drug-likeness (QED) is 0.742. The van der Waals surface area contributed by atoms with Gasteiger partial charge in [-0.15, -0.1) is 0 Å². The fraction of sp³-hybridized carbons (Fsp3) is 0.400. The van der Waals surface area contributed by atoms with Gasteiger partial charge in [0.1, 0.15) is 0 Å². The maximum Gasteiger partial charge on any atom is 0.162 e. The lowest BCUT2D eigenvalue weighted by atomic mass is 9.90. The lowest BCUT2D eigenvalue weighted by molar-refractivity contribution is 0.101. The van der Waals surface area contributed by atoms with E-state index in [4.69, 9.17) is 0 Å². The molecule has 0 amide bonds. The van der Waals surface area contributed by atoms with E-state index in [0.29, 0.717) is 0 Å². The predicted octanol–water partition coefficient (Wildman–Crippen LogP) is 3.56. The Labute approximate surface area is 101 Å². The maximum atomic E-state index is 11.7. The highest BCUT2D eigenvalue weighted by atomic mass is 16.1. The van der Waals surface area contributed by atoms with Gasteiger partial charge in [0, 0.05) is 22.2 Å². The number of ketones is 1. The van der Waals surface area contributed by atoms with Gasteiger partial charge in [-0.25, -0.2) is 0 Å². The smallest absolute Gasteiger partial charge is 0.162 e. The van der Waals surface area contributed by atoms with Crippen LogP contribution in [0.2, 0.25) is 0 Å². The van der Waals surface area contributed by atoms with Gasteiger partial charge < -0.3 is 4.98 Å². The van der Waals surface area contributed by atoms with Crippen LogP contribution in [0.4, 0.5) is 0 Å². The SMILES string of the molecule is CC(=O)c1c(C)[nH]c2cc3c(cc12)CCCC3. The Hall–Kier alpha value is -1.57. The van der Waals surface area contributed by atoms with E-state index in [9.17, 15) is 4.79 Å². The molecule has 3 rings (SSSR count). The lowest BCUT2D eigenvalue weighted by Gasteiger charge is -2.15. The zero-order chi connectivity index (χ0) is 12.0. The first-order valence-electron chi connectivity index (χ1n) is 6.32. The summed E-state index contributed by atoms with van der Waals surface area (Å²) in [5, 5.41) is 1.11. The first kappa shape index (κ1) is 10.6. The first-order chi connectivity index (χ1) is 8.16. The molecule has 17 heavy (non-hydrogen) atoms. The average molecular weight is 227 g/mol. The average Bonchev–Trinajstić information content (AvgIpc) is 2.60. The molecule has 2 heteroatoms. The molecule has 1 aliphatic carbocycles. The van der Waals surface area contributed by atoms with Crippen LogP contribution in [0.3, 0.4) is 0 Å². The number of nitrogens with one attached hydrogen (secondary N) is 1. The van der Waals surface area contributed by atoms with E-state index in [0.717, 1.165) is 28.6 Å². The molecule has 0 fully saturated rings. The second kappa shape index (κ2) is 3.73. The molecular weight excluding hydrogens is 210 g/mol. The van der Waals surface area contributed by atoms with Gasteiger partial charge in [0.15, 0.2) is 5.78 Å². The summed E-state index contributed by atoms with van der Waals surface area (Å²) in [4.78, 5) is 15.0. The second-order valence-electron chi connectivity index (χ2n) is 5.05. The number of H-pyrrole nitrogens is 1. The van der Waals surface area contributed by atoms with Gasteiger partial charge >= 0.3 is 0 Å². The standard InChI is InChI=1S/C15H17NO/c1-9-15(10(2)17)13-7-11-5-3-4-6-12(11)8-14(13)16-9/h7-8,16H,3-6H2,1-2H3. The minimum atomic E-state index is 0.157. The monoisotopic (exact) mass is 227 g/mol. The van der Waals surface area contributed by atoms with Crippen LogP contribution in [0.25, 0.3) is 10.9 Å². The Kier molecular flexibility index (Phi) is 2.32. The van der Waals surface area contributed by atoms with Crippen molar-refractivity contribution in [1.82, 2.24) is 4.98 Å². The van der Waals surface area contributed by atoms with E-state index in [1.54, 1.807) is 6.92 Å². The van der Waals surface area contributed by atoms with Crippen LogP contribution in [0.1, 0.15) is 46.9 Å². The van der Waals surface area contributed by atoms with Crippen molar-refractivity contribution in [1.29, 1.82) is 0 Å². The van der Waals surface area contributed by atoms with Crippen LogP contribution in [-0.4, -0.2) is 10.8 Å². The molecule has 1 aromatic heterocycles. The van der Waals surface area contributed by atoms with E-state index in [-0.39, 0.29) is 5.78 Å². The van der Waals surface area contributed by atoms with Crippen molar-refractivity contribution in [3.05, 3.63) is 34.5 Å².